The molecule has 0 spiro atoms. The first-order chi connectivity index (χ1) is 14.7. The molecule has 4 rings (SSSR count). The van der Waals surface area contributed by atoms with Gasteiger partial charge >= 0.3 is 0 Å². The standard InChI is InChI=1S/C26H25ClN2O/c1-2-29-18-23(22-10-6-7-11-24(22)29)26(30)25(20-8-4-3-5-9-20)28-17-16-19-12-14-21(27)15-13-19/h3-15,18,25,28H,2,16-17H2,1H3. The van der Waals surface area contributed by atoms with E-state index in [1.165, 1.54) is 5.56 Å². The van der Waals surface area contributed by atoms with E-state index in [1.54, 1.807) is 0 Å². The number of halogens is 1. The van der Waals surface area contributed by atoms with Gasteiger partial charge < -0.3 is 9.88 Å². The second-order valence-electron chi connectivity index (χ2n) is 7.38. The Balaban J connectivity index is 1.61. The SMILES string of the molecule is CCn1cc(C(=O)C(NCCc2ccc(Cl)cc2)c2ccccc2)c2ccccc21. The van der Waals surface area contributed by atoms with Crippen LogP contribution >= 0.6 is 11.6 Å². The van der Waals surface area contributed by atoms with Crippen LogP contribution in [0.1, 0.15) is 34.5 Å². The molecule has 4 heteroatoms. The van der Waals surface area contributed by atoms with Gasteiger partial charge in [-0.2, -0.15) is 0 Å². The van der Waals surface area contributed by atoms with Gasteiger partial charge in [-0.3, -0.25) is 4.79 Å². The Morgan fingerprint density at radius 2 is 1.67 bits per heavy atom. The molecule has 4 aromatic rings. The molecule has 1 N–H and O–H groups in total. The van der Waals surface area contributed by atoms with Crippen molar-refractivity contribution in [1.82, 2.24) is 9.88 Å². The van der Waals surface area contributed by atoms with E-state index in [9.17, 15) is 4.79 Å². The monoisotopic (exact) mass is 416 g/mol. The molecule has 0 aliphatic rings. The van der Waals surface area contributed by atoms with E-state index in [2.05, 4.69) is 22.9 Å². The maximum absolute atomic E-state index is 13.7. The lowest BCUT2D eigenvalue weighted by Crippen LogP contribution is -2.30. The molecular weight excluding hydrogens is 392 g/mol. The van der Waals surface area contributed by atoms with Gasteiger partial charge in [-0.25, -0.2) is 0 Å². The molecule has 1 heterocycles. The minimum atomic E-state index is -0.394. The Kier molecular flexibility index (Phi) is 6.32. The zero-order chi connectivity index (χ0) is 20.9. The van der Waals surface area contributed by atoms with Gasteiger partial charge in [-0.1, -0.05) is 72.3 Å². The van der Waals surface area contributed by atoms with Crippen molar-refractivity contribution in [1.29, 1.82) is 0 Å². The van der Waals surface area contributed by atoms with Crippen LogP contribution in [0.4, 0.5) is 0 Å². The lowest BCUT2D eigenvalue weighted by molar-refractivity contribution is 0.0944. The lowest BCUT2D eigenvalue weighted by Gasteiger charge is -2.18. The molecule has 0 saturated heterocycles. The highest BCUT2D eigenvalue weighted by Gasteiger charge is 2.24. The molecular formula is C26H25ClN2O. The van der Waals surface area contributed by atoms with Gasteiger partial charge in [-0.15, -0.1) is 0 Å². The van der Waals surface area contributed by atoms with E-state index >= 15 is 0 Å². The summed E-state index contributed by atoms with van der Waals surface area (Å²) < 4.78 is 2.14. The van der Waals surface area contributed by atoms with E-state index < -0.39 is 6.04 Å². The van der Waals surface area contributed by atoms with Crippen LogP contribution in [0.3, 0.4) is 0 Å². The minimum Gasteiger partial charge on any atom is -0.347 e. The van der Waals surface area contributed by atoms with Crippen molar-refractivity contribution in [3.05, 3.63) is 107 Å². The van der Waals surface area contributed by atoms with Crippen LogP contribution < -0.4 is 5.32 Å². The Hall–Kier alpha value is -2.88. The smallest absolute Gasteiger partial charge is 0.186 e. The Bertz CT molecular complexity index is 1130. The van der Waals surface area contributed by atoms with E-state index in [4.69, 9.17) is 11.6 Å². The van der Waals surface area contributed by atoms with Gasteiger partial charge in [0.25, 0.3) is 0 Å². The van der Waals surface area contributed by atoms with Gasteiger partial charge in [0.05, 0.1) is 6.04 Å². The van der Waals surface area contributed by atoms with E-state index in [1.807, 2.05) is 79.0 Å². The van der Waals surface area contributed by atoms with Crippen molar-refractivity contribution >= 4 is 28.3 Å². The molecule has 0 fully saturated rings. The third-order valence-electron chi connectivity index (χ3n) is 5.47. The minimum absolute atomic E-state index is 0.0979. The molecule has 152 valence electrons. The summed E-state index contributed by atoms with van der Waals surface area (Å²) >= 11 is 5.98. The van der Waals surface area contributed by atoms with Crippen LogP contribution in [0.25, 0.3) is 10.9 Å². The normalized spacial score (nSPS) is 12.2. The Labute approximate surface area is 182 Å². The number of Topliss-reactive ketones (excluding diaryl/α,β-unsaturated/α-hetero) is 1. The van der Waals surface area contributed by atoms with Gasteiger partial charge in [0.2, 0.25) is 0 Å². The van der Waals surface area contributed by atoms with Crippen LogP contribution in [-0.2, 0) is 13.0 Å². The van der Waals surface area contributed by atoms with E-state index in [0.717, 1.165) is 40.0 Å². The van der Waals surface area contributed by atoms with Crippen molar-refractivity contribution in [3.63, 3.8) is 0 Å². The highest BCUT2D eigenvalue weighted by Crippen LogP contribution is 2.27. The number of nitrogens with one attached hydrogen (secondary N) is 1. The number of hydrogen-bond donors (Lipinski definition) is 1. The molecule has 0 radical (unpaired) electrons. The fraction of sp³-hybridized carbons (Fsp3) is 0.192. The molecule has 0 amide bonds. The van der Waals surface area contributed by atoms with Gasteiger partial charge in [0.1, 0.15) is 0 Å². The fourth-order valence-electron chi connectivity index (χ4n) is 3.88. The lowest BCUT2D eigenvalue weighted by atomic mass is 9.96. The molecule has 0 aliphatic heterocycles. The first-order valence-corrected chi connectivity index (χ1v) is 10.7. The summed E-state index contributed by atoms with van der Waals surface area (Å²) in [6, 6.07) is 25.5. The van der Waals surface area contributed by atoms with Crippen LogP contribution in [0.15, 0.2) is 85.1 Å². The third-order valence-corrected chi connectivity index (χ3v) is 5.72. The molecule has 1 unspecified atom stereocenters. The Morgan fingerprint density at radius 3 is 2.40 bits per heavy atom. The van der Waals surface area contributed by atoms with E-state index in [0.29, 0.717) is 6.54 Å². The second kappa shape index (κ2) is 9.29. The highest BCUT2D eigenvalue weighted by molar-refractivity contribution is 6.30. The largest absolute Gasteiger partial charge is 0.347 e. The predicted molar refractivity (Wildman–Crippen MR) is 124 cm³/mol. The fourth-order valence-corrected chi connectivity index (χ4v) is 4.01. The van der Waals surface area contributed by atoms with Crippen LogP contribution in [0.5, 0.6) is 0 Å². The number of carbonyl (C=O) groups is 1. The van der Waals surface area contributed by atoms with Crippen LogP contribution in [-0.4, -0.2) is 16.9 Å². The maximum Gasteiger partial charge on any atom is 0.186 e. The Morgan fingerprint density at radius 1 is 0.967 bits per heavy atom. The topological polar surface area (TPSA) is 34.0 Å². The zero-order valence-corrected chi connectivity index (χ0v) is 17.8. The molecule has 0 bridgehead atoms. The van der Waals surface area contributed by atoms with E-state index in [-0.39, 0.29) is 5.78 Å². The number of nitrogens with zero attached hydrogens (tertiary/aromatic N) is 1. The summed E-state index contributed by atoms with van der Waals surface area (Å²) in [5.74, 6) is 0.0979. The number of para-hydroxylation sites is 1. The first kappa shape index (κ1) is 20.4. The molecule has 3 nitrogen and oxygen atoms in total. The van der Waals surface area contributed by atoms with Crippen molar-refractivity contribution < 1.29 is 4.79 Å². The van der Waals surface area contributed by atoms with Crippen molar-refractivity contribution in [3.8, 4) is 0 Å². The quantitative estimate of drug-likeness (QED) is 0.353. The molecule has 1 atom stereocenters. The summed E-state index contributed by atoms with van der Waals surface area (Å²) in [5, 5.41) is 5.23. The second-order valence-corrected chi connectivity index (χ2v) is 7.82. The zero-order valence-electron chi connectivity index (χ0n) is 17.0. The van der Waals surface area contributed by atoms with Crippen LogP contribution in [0, 0.1) is 0 Å². The van der Waals surface area contributed by atoms with Crippen LogP contribution in [0.2, 0.25) is 5.02 Å². The number of carbonyl (C=O) groups excluding carboxylic acids is 1. The van der Waals surface area contributed by atoms with Crippen molar-refractivity contribution in [2.45, 2.75) is 25.9 Å². The van der Waals surface area contributed by atoms with Crippen molar-refractivity contribution in [2.24, 2.45) is 0 Å². The number of rotatable bonds is 8. The van der Waals surface area contributed by atoms with Gasteiger partial charge in [0.15, 0.2) is 5.78 Å². The molecule has 1 aromatic heterocycles. The summed E-state index contributed by atoms with van der Waals surface area (Å²) in [6.45, 7) is 3.62. The summed E-state index contributed by atoms with van der Waals surface area (Å²) in [4.78, 5) is 13.7. The number of aromatic nitrogens is 1. The summed E-state index contributed by atoms with van der Waals surface area (Å²) in [6.07, 6.45) is 2.81. The third kappa shape index (κ3) is 4.33. The first-order valence-electron chi connectivity index (χ1n) is 10.3. The number of aryl methyl sites for hydroxylation is 1. The molecule has 30 heavy (non-hydrogen) atoms. The van der Waals surface area contributed by atoms with Gasteiger partial charge in [0, 0.05) is 40.8 Å². The average Bonchev–Trinajstić information content (AvgIpc) is 3.17. The number of fused-ring (bicyclic) bond motifs is 1. The highest BCUT2D eigenvalue weighted by atomic mass is 35.5. The average molecular weight is 417 g/mol. The predicted octanol–water partition coefficient (Wildman–Crippen LogP) is 6.07. The summed E-state index contributed by atoms with van der Waals surface area (Å²) in [5.41, 5.74) is 4.03. The molecule has 3 aromatic carbocycles. The maximum atomic E-state index is 13.7. The van der Waals surface area contributed by atoms with Gasteiger partial charge in [-0.05, 0) is 42.7 Å². The molecule has 0 saturated carbocycles. The molecule has 0 aliphatic carbocycles. The number of ketones is 1. The van der Waals surface area contributed by atoms with Crippen molar-refractivity contribution in [2.75, 3.05) is 6.54 Å². The summed E-state index contributed by atoms with van der Waals surface area (Å²) in [7, 11) is 0. The number of hydrogen-bond acceptors (Lipinski definition) is 2. The number of benzene rings is 3.